The Bertz CT molecular complexity index is 663. The van der Waals surface area contributed by atoms with Crippen LogP contribution in [0.3, 0.4) is 0 Å². The molecule has 1 aliphatic carbocycles. The van der Waals surface area contributed by atoms with Gasteiger partial charge in [0.2, 0.25) is 11.8 Å². The molecule has 1 saturated carbocycles. The fourth-order valence-electron chi connectivity index (χ4n) is 3.95. The highest BCUT2D eigenvalue weighted by Gasteiger charge is 2.49. The quantitative estimate of drug-likeness (QED) is 0.254. The lowest BCUT2D eigenvalue weighted by Gasteiger charge is -2.34. The average molecular weight is 402 g/mol. The van der Waals surface area contributed by atoms with Crippen molar-refractivity contribution >= 4 is 19.5 Å². The molecule has 0 aromatic heterocycles. The van der Waals surface area contributed by atoms with Crippen LogP contribution in [0.5, 0.6) is 0 Å². The van der Waals surface area contributed by atoms with E-state index in [1.54, 1.807) is 0 Å². The minimum absolute atomic E-state index is 0.251. The van der Waals surface area contributed by atoms with Crippen molar-refractivity contribution in [1.82, 2.24) is 10.6 Å². The zero-order valence-corrected chi connectivity index (χ0v) is 17.4. The van der Waals surface area contributed by atoms with Gasteiger partial charge in [-0.2, -0.15) is 0 Å². The molecular formula is C21H33BN3O4. The molecule has 1 aliphatic rings. The standard InChI is InChI=1S/C21H33BN3O4/c1-20(2,15-16-9-4-3-5-10-16)25-19(27)21(12-6-7-13-21)18(26)24-17(29-22-28)11-8-14-23/h3-5,9-10,17,28H,6-8,11-15,23H2,1-2H3,(H,24,26)(H,25,27)/t17-/m1/s1. The summed E-state index contributed by atoms with van der Waals surface area (Å²) in [5.74, 6) is -0.606. The van der Waals surface area contributed by atoms with Crippen LogP contribution >= 0.6 is 0 Å². The van der Waals surface area contributed by atoms with Crippen LogP contribution in [0, 0.1) is 5.41 Å². The molecule has 0 unspecified atom stereocenters. The molecule has 1 aromatic rings. The first kappa shape index (κ1) is 23.4. The smallest absolute Gasteiger partial charge is 0.429 e. The first-order valence-corrected chi connectivity index (χ1v) is 10.3. The van der Waals surface area contributed by atoms with E-state index in [2.05, 4.69) is 10.6 Å². The molecular weight excluding hydrogens is 369 g/mol. The summed E-state index contributed by atoms with van der Waals surface area (Å²) in [6.07, 6.45) is 3.67. The van der Waals surface area contributed by atoms with Gasteiger partial charge in [0.05, 0.1) is 0 Å². The molecule has 1 fully saturated rings. The van der Waals surface area contributed by atoms with Gasteiger partial charge >= 0.3 is 7.69 Å². The number of rotatable bonds is 11. The van der Waals surface area contributed by atoms with E-state index in [1.165, 1.54) is 0 Å². The Morgan fingerprint density at radius 3 is 2.48 bits per heavy atom. The van der Waals surface area contributed by atoms with Crippen LogP contribution in [0.15, 0.2) is 30.3 Å². The Balaban J connectivity index is 2.09. The number of amides is 2. The van der Waals surface area contributed by atoms with Crippen LogP contribution in [-0.4, -0.2) is 42.8 Å². The maximum absolute atomic E-state index is 13.3. The van der Waals surface area contributed by atoms with Gasteiger partial charge < -0.3 is 26.0 Å². The molecule has 1 atom stereocenters. The third-order valence-electron chi connectivity index (χ3n) is 5.45. The summed E-state index contributed by atoms with van der Waals surface area (Å²) in [6.45, 7) is 4.37. The molecule has 8 heteroatoms. The molecule has 0 heterocycles. The summed E-state index contributed by atoms with van der Waals surface area (Å²) in [4.78, 5) is 26.4. The Morgan fingerprint density at radius 2 is 1.90 bits per heavy atom. The SMILES string of the molecule is CC(C)(Cc1ccccc1)NC(=O)C1(C(=O)N[C@@H](CCCN)O[B]O)CCCC1. The van der Waals surface area contributed by atoms with Crippen LogP contribution in [-0.2, 0) is 20.7 Å². The van der Waals surface area contributed by atoms with Crippen molar-refractivity contribution in [2.24, 2.45) is 11.1 Å². The summed E-state index contributed by atoms with van der Waals surface area (Å²) in [7, 11) is 0.561. The van der Waals surface area contributed by atoms with Crippen molar-refractivity contribution in [1.29, 1.82) is 0 Å². The van der Waals surface area contributed by atoms with Crippen molar-refractivity contribution < 1.29 is 19.3 Å². The second-order valence-corrected chi connectivity index (χ2v) is 8.42. The minimum atomic E-state index is -1.12. The van der Waals surface area contributed by atoms with Gasteiger partial charge in [-0.1, -0.05) is 43.2 Å². The van der Waals surface area contributed by atoms with Gasteiger partial charge in [0.1, 0.15) is 11.6 Å². The van der Waals surface area contributed by atoms with E-state index in [1.807, 2.05) is 44.2 Å². The number of carbonyl (C=O) groups excluding carboxylic acids is 2. The topological polar surface area (TPSA) is 114 Å². The van der Waals surface area contributed by atoms with E-state index in [9.17, 15) is 9.59 Å². The Labute approximate surface area is 174 Å². The van der Waals surface area contributed by atoms with Crippen LogP contribution in [0.25, 0.3) is 0 Å². The number of nitrogens with two attached hydrogens (primary N) is 1. The first-order chi connectivity index (χ1) is 13.8. The predicted molar refractivity (Wildman–Crippen MR) is 113 cm³/mol. The molecule has 159 valence electrons. The summed E-state index contributed by atoms with van der Waals surface area (Å²) in [5.41, 5.74) is 5.03. The molecule has 0 bridgehead atoms. The van der Waals surface area contributed by atoms with Crippen molar-refractivity contribution in [3.63, 3.8) is 0 Å². The van der Waals surface area contributed by atoms with Crippen LogP contribution in [0.1, 0.15) is 57.9 Å². The summed E-state index contributed by atoms with van der Waals surface area (Å²) in [5, 5.41) is 14.9. The van der Waals surface area contributed by atoms with Crippen LogP contribution < -0.4 is 16.4 Å². The first-order valence-electron chi connectivity index (χ1n) is 10.3. The Kier molecular flexibility index (Phi) is 8.68. The predicted octanol–water partition coefficient (Wildman–Crippen LogP) is 1.41. The summed E-state index contributed by atoms with van der Waals surface area (Å²) in [6, 6.07) is 9.95. The molecule has 0 spiro atoms. The average Bonchev–Trinajstić information content (AvgIpc) is 3.17. The highest BCUT2D eigenvalue weighted by molar-refractivity contribution is 6.16. The van der Waals surface area contributed by atoms with Gasteiger partial charge in [-0.3, -0.25) is 9.59 Å². The van der Waals surface area contributed by atoms with Gasteiger partial charge in [-0.25, -0.2) is 0 Å². The molecule has 1 radical (unpaired) electrons. The lowest BCUT2D eigenvalue weighted by molar-refractivity contribution is -0.145. The van der Waals surface area contributed by atoms with Crippen LogP contribution in [0.4, 0.5) is 0 Å². The summed E-state index contributed by atoms with van der Waals surface area (Å²) >= 11 is 0. The van der Waals surface area contributed by atoms with E-state index < -0.39 is 17.2 Å². The number of hydrogen-bond acceptors (Lipinski definition) is 5. The maximum Gasteiger partial charge on any atom is 0.486 e. The largest absolute Gasteiger partial charge is 0.486 e. The Hall–Kier alpha value is -1.90. The zero-order chi connectivity index (χ0) is 21.3. The maximum atomic E-state index is 13.3. The highest BCUT2D eigenvalue weighted by atomic mass is 16.5. The third-order valence-corrected chi connectivity index (χ3v) is 5.45. The highest BCUT2D eigenvalue weighted by Crippen LogP contribution is 2.39. The lowest BCUT2D eigenvalue weighted by atomic mass is 9.82. The van der Waals surface area contributed by atoms with Gasteiger partial charge in [-0.15, -0.1) is 0 Å². The molecule has 0 saturated heterocycles. The molecule has 5 N–H and O–H groups in total. The lowest BCUT2D eigenvalue weighted by Crippen LogP contribution is -2.57. The molecule has 0 aliphatic heterocycles. The van der Waals surface area contributed by atoms with E-state index in [0.717, 1.165) is 18.4 Å². The third kappa shape index (κ3) is 6.55. The zero-order valence-electron chi connectivity index (χ0n) is 17.4. The molecule has 7 nitrogen and oxygen atoms in total. The fourth-order valence-corrected chi connectivity index (χ4v) is 3.95. The molecule has 1 aromatic carbocycles. The normalized spacial score (nSPS) is 16.8. The second kappa shape index (κ2) is 10.8. The molecule has 2 rings (SSSR count). The number of benzene rings is 1. The van der Waals surface area contributed by atoms with Crippen molar-refractivity contribution in [2.45, 2.75) is 70.6 Å². The number of nitrogens with one attached hydrogen (secondary N) is 2. The van der Waals surface area contributed by atoms with E-state index in [4.69, 9.17) is 15.4 Å². The van der Waals surface area contributed by atoms with Crippen molar-refractivity contribution in [2.75, 3.05) is 6.54 Å². The van der Waals surface area contributed by atoms with Gasteiger partial charge in [0.25, 0.3) is 0 Å². The van der Waals surface area contributed by atoms with Gasteiger partial charge in [0.15, 0.2) is 0 Å². The van der Waals surface area contributed by atoms with Crippen molar-refractivity contribution in [3.05, 3.63) is 35.9 Å². The molecule has 29 heavy (non-hydrogen) atoms. The Morgan fingerprint density at radius 1 is 1.24 bits per heavy atom. The van der Waals surface area contributed by atoms with Gasteiger partial charge in [-0.05, 0) is 58.1 Å². The van der Waals surface area contributed by atoms with Gasteiger partial charge in [0, 0.05) is 5.54 Å². The monoisotopic (exact) mass is 402 g/mol. The minimum Gasteiger partial charge on any atom is -0.429 e. The fraction of sp³-hybridized carbons (Fsp3) is 0.619. The van der Waals surface area contributed by atoms with Crippen LogP contribution in [0.2, 0.25) is 0 Å². The van der Waals surface area contributed by atoms with E-state index in [0.29, 0.717) is 46.3 Å². The van der Waals surface area contributed by atoms with E-state index in [-0.39, 0.29) is 11.8 Å². The number of hydrogen-bond donors (Lipinski definition) is 4. The summed E-state index contributed by atoms with van der Waals surface area (Å²) < 4.78 is 5.09. The van der Waals surface area contributed by atoms with E-state index >= 15 is 0 Å². The molecule has 2 amide bonds. The number of carbonyl (C=O) groups is 2. The van der Waals surface area contributed by atoms with Crippen molar-refractivity contribution in [3.8, 4) is 0 Å². The second-order valence-electron chi connectivity index (χ2n) is 8.42.